The number of carboxylic acid groups (broad SMARTS) is 1. The number of aliphatic carboxylic acids is 1. The highest BCUT2D eigenvalue weighted by molar-refractivity contribution is 5.82. The third-order valence-corrected chi connectivity index (χ3v) is 2.45. The maximum Gasteiger partial charge on any atom is 0.308 e. The number of nitrogens with two attached hydrogens (primary N) is 1. The van der Waals surface area contributed by atoms with Crippen LogP contribution in [0, 0.1) is 5.92 Å². The van der Waals surface area contributed by atoms with Crippen molar-refractivity contribution in [1.82, 2.24) is 5.32 Å². The first kappa shape index (κ1) is 13.9. The van der Waals surface area contributed by atoms with Crippen LogP contribution in [0.4, 0.5) is 0 Å². The van der Waals surface area contributed by atoms with Gasteiger partial charge in [-0.3, -0.25) is 9.59 Å². The summed E-state index contributed by atoms with van der Waals surface area (Å²) >= 11 is 0. The van der Waals surface area contributed by atoms with Crippen molar-refractivity contribution < 1.29 is 14.7 Å². The molecule has 1 amide bonds. The number of carbonyl (C=O) groups excluding carboxylic acids is 1. The van der Waals surface area contributed by atoms with Crippen molar-refractivity contribution >= 4 is 11.9 Å². The molecule has 0 rings (SSSR count). The van der Waals surface area contributed by atoms with Gasteiger partial charge >= 0.3 is 5.97 Å². The van der Waals surface area contributed by atoms with Crippen molar-refractivity contribution in [2.75, 3.05) is 0 Å². The maximum atomic E-state index is 11.4. The Morgan fingerprint density at radius 3 is 2.33 bits per heavy atom. The molecular formula is C10H20N2O3. The van der Waals surface area contributed by atoms with Crippen LogP contribution in [0.3, 0.4) is 0 Å². The first-order valence-corrected chi connectivity index (χ1v) is 5.18. The van der Waals surface area contributed by atoms with Gasteiger partial charge in [0, 0.05) is 6.04 Å². The summed E-state index contributed by atoms with van der Waals surface area (Å²) in [6.45, 7) is 5.16. The summed E-state index contributed by atoms with van der Waals surface area (Å²) in [7, 11) is 0. The molecule has 0 aromatic carbocycles. The minimum Gasteiger partial charge on any atom is -0.481 e. The Morgan fingerprint density at radius 1 is 1.40 bits per heavy atom. The fraction of sp³-hybridized carbons (Fsp3) is 0.800. The molecule has 0 saturated heterocycles. The average molecular weight is 216 g/mol. The fourth-order valence-corrected chi connectivity index (χ4v) is 1.11. The number of hydrogen-bond donors (Lipinski definition) is 3. The second-order valence-corrected chi connectivity index (χ2v) is 3.82. The number of amides is 1. The predicted molar refractivity (Wildman–Crippen MR) is 57.3 cm³/mol. The lowest BCUT2D eigenvalue weighted by atomic mass is 10.0. The molecule has 0 aliphatic heterocycles. The molecule has 5 nitrogen and oxygen atoms in total. The third-order valence-electron chi connectivity index (χ3n) is 2.45. The van der Waals surface area contributed by atoms with Crippen molar-refractivity contribution in [3.63, 3.8) is 0 Å². The van der Waals surface area contributed by atoms with E-state index in [1.165, 1.54) is 0 Å². The van der Waals surface area contributed by atoms with Crippen molar-refractivity contribution in [1.29, 1.82) is 0 Å². The number of nitrogens with one attached hydrogen (secondary N) is 1. The average Bonchev–Trinajstić information content (AvgIpc) is 2.16. The zero-order valence-corrected chi connectivity index (χ0v) is 9.49. The Bertz CT molecular complexity index is 231. The van der Waals surface area contributed by atoms with Gasteiger partial charge in [-0.25, -0.2) is 0 Å². The van der Waals surface area contributed by atoms with Gasteiger partial charge in [-0.2, -0.15) is 0 Å². The van der Waals surface area contributed by atoms with Crippen LogP contribution in [-0.4, -0.2) is 29.1 Å². The monoisotopic (exact) mass is 216 g/mol. The van der Waals surface area contributed by atoms with Crippen LogP contribution in [0.15, 0.2) is 0 Å². The van der Waals surface area contributed by atoms with Gasteiger partial charge in [0.2, 0.25) is 5.91 Å². The lowest BCUT2D eigenvalue weighted by molar-refractivity contribution is -0.142. The van der Waals surface area contributed by atoms with Gasteiger partial charge in [0.15, 0.2) is 0 Å². The molecule has 0 aliphatic rings. The van der Waals surface area contributed by atoms with Gasteiger partial charge in [-0.15, -0.1) is 0 Å². The van der Waals surface area contributed by atoms with Crippen LogP contribution in [0.5, 0.6) is 0 Å². The molecule has 0 saturated carbocycles. The topological polar surface area (TPSA) is 92.4 Å². The summed E-state index contributed by atoms with van der Waals surface area (Å²) in [5.41, 5.74) is 5.59. The van der Waals surface area contributed by atoms with Crippen molar-refractivity contribution in [3.8, 4) is 0 Å². The Kier molecular flexibility index (Phi) is 5.93. The van der Waals surface area contributed by atoms with Crippen LogP contribution in [-0.2, 0) is 9.59 Å². The molecule has 4 N–H and O–H groups in total. The van der Waals surface area contributed by atoms with Crippen LogP contribution in [0.1, 0.15) is 33.6 Å². The molecule has 3 atom stereocenters. The van der Waals surface area contributed by atoms with E-state index in [0.29, 0.717) is 6.42 Å². The molecule has 0 fully saturated rings. The summed E-state index contributed by atoms with van der Waals surface area (Å²) in [5.74, 6) is -1.81. The Morgan fingerprint density at radius 2 is 1.93 bits per heavy atom. The van der Waals surface area contributed by atoms with E-state index in [-0.39, 0.29) is 5.91 Å². The zero-order valence-electron chi connectivity index (χ0n) is 9.49. The van der Waals surface area contributed by atoms with Crippen LogP contribution in [0.2, 0.25) is 0 Å². The lowest BCUT2D eigenvalue weighted by Crippen LogP contribution is -2.47. The van der Waals surface area contributed by atoms with Gasteiger partial charge in [-0.1, -0.05) is 13.3 Å². The van der Waals surface area contributed by atoms with Crippen molar-refractivity contribution in [2.24, 2.45) is 11.7 Å². The second-order valence-electron chi connectivity index (χ2n) is 3.82. The number of carboxylic acids is 1. The summed E-state index contributed by atoms with van der Waals surface area (Å²) in [5, 5.41) is 11.3. The highest BCUT2D eigenvalue weighted by Gasteiger charge is 2.22. The first-order chi connectivity index (χ1) is 6.90. The highest BCUT2D eigenvalue weighted by atomic mass is 16.4. The summed E-state index contributed by atoms with van der Waals surface area (Å²) in [6.07, 6.45) is 1.44. The maximum absolute atomic E-state index is 11.4. The molecule has 0 radical (unpaired) electrons. The van der Waals surface area contributed by atoms with Crippen LogP contribution < -0.4 is 11.1 Å². The number of hydrogen-bond acceptors (Lipinski definition) is 3. The van der Waals surface area contributed by atoms with Gasteiger partial charge < -0.3 is 16.2 Å². The normalized spacial score (nSPS) is 16.5. The Balaban J connectivity index is 4.11. The summed E-state index contributed by atoms with van der Waals surface area (Å²) in [4.78, 5) is 22.1. The highest BCUT2D eigenvalue weighted by Crippen LogP contribution is 2.03. The molecular weight excluding hydrogens is 196 g/mol. The Hall–Kier alpha value is -1.10. The lowest BCUT2D eigenvalue weighted by Gasteiger charge is -2.20. The molecule has 0 aliphatic carbocycles. The van der Waals surface area contributed by atoms with E-state index in [1.807, 2.05) is 6.92 Å². The SMILES string of the molecule is CCCC(N)C(=O)NC(C)C(C)C(=O)O. The van der Waals surface area contributed by atoms with Gasteiger partial charge in [0.1, 0.15) is 0 Å². The van der Waals surface area contributed by atoms with E-state index in [4.69, 9.17) is 10.8 Å². The molecule has 0 aromatic rings. The third kappa shape index (κ3) is 4.78. The van der Waals surface area contributed by atoms with Gasteiger partial charge in [0.05, 0.1) is 12.0 Å². The first-order valence-electron chi connectivity index (χ1n) is 5.18. The number of carbonyl (C=O) groups is 2. The van der Waals surface area contributed by atoms with E-state index in [2.05, 4.69) is 5.32 Å². The fourth-order valence-electron chi connectivity index (χ4n) is 1.11. The molecule has 0 heterocycles. The van der Waals surface area contributed by atoms with Gasteiger partial charge in [-0.05, 0) is 20.3 Å². The molecule has 3 unspecified atom stereocenters. The quantitative estimate of drug-likeness (QED) is 0.597. The van der Waals surface area contributed by atoms with Gasteiger partial charge in [0.25, 0.3) is 0 Å². The standard InChI is InChI=1S/C10H20N2O3/c1-4-5-8(11)9(13)12-7(3)6(2)10(14)15/h6-8H,4-5,11H2,1-3H3,(H,12,13)(H,14,15). The van der Waals surface area contributed by atoms with Crippen LogP contribution in [0.25, 0.3) is 0 Å². The Labute approximate surface area is 90.0 Å². The van der Waals surface area contributed by atoms with E-state index >= 15 is 0 Å². The van der Waals surface area contributed by atoms with Crippen molar-refractivity contribution in [2.45, 2.75) is 45.7 Å². The molecule has 88 valence electrons. The summed E-state index contributed by atoms with van der Waals surface area (Å²) in [6, 6.07) is -0.948. The predicted octanol–water partition coefficient (Wildman–Crippen LogP) is 0.339. The summed E-state index contributed by atoms with van der Waals surface area (Å²) < 4.78 is 0. The largest absolute Gasteiger partial charge is 0.481 e. The molecule has 0 aromatic heterocycles. The molecule has 15 heavy (non-hydrogen) atoms. The van der Waals surface area contributed by atoms with E-state index < -0.39 is 24.0 Å². The van der Waals surface area contributed by atoms with Crippen molar-refractivity contribution in [3.05, 3.63) is 0 Å². The molecule has 0 bridgehead atoms. The van der Waals surface area contributed by atoms with E-state index in [1.54, 1.807) is 13.8 Å². The van der Waals surface area contributed by atoms with E-state index in [0.717, 1.165) is 6.42 Å². The zero-order chi connectivity index (χ0) is 12.0. The minimum atomic E-state index is -0.924. The minimum absolute atomic E-state index is 0.280. The second kappa shape index (κ2) is 6.40. The molecule has 0 spiro atoms. The molecule has 5 heteroatoms. The van der Waals surface area contributed by atoms with Crippen LogP contribution >= 0.6 is 0 Å². The van der Waals surface area contributed by atoms with E-state index in [9.17, 15) is 9.59 Å². The smallest absolute Gasteiger partial charge is 0.308 e. The number of rotatable bonds is 6.